The number of aromatic nitrogens is 2. The SMILES string of the molecule is CC(C)Cc1nnc(NC2CNC2)s1. The van der Waals surface area contributed by atoms with Crippen LogP contribution < -0.4 is 10.6 Å². The van der Waals surface area contributed by atoms with Gasteiger partial charge in [-0.2, -0.15) is 0 Å². The molecule has 0 unspecified atom stereocenters. The number of hydrogen-bond donors (Lipinski definition) is 2. The van der Waals surface area contributed by atoms with E-state index in [2.05, 4.69) is 34.7 Å². The first kappa shape index (κ1) is 9.86. The summed E-state index contributed by atoms with van der Waals surface area (Å²) in [7, 11) is 0. The van der Waals surface area contributed by atoms with E-state index < -0.39 is 0 Å². The van der Waals surface area contributed by atoms with Crippen LogP contribution in [0.5, 0.6) is 0 Å². The van der Waals surface area contributed by atoms with Crippen LogP contribution in [-0.4, -0.2) is 29.3 Å². The molecule has 1 fully saturated rings. The Morgan fingerprint density at radius 1 is 1.50 bits per heavy atom. The Morgan fingerprint density at radius 3 is 2.86 bits per heavy atom. The maximum absolute atomic E-state index is 4.15. The highest BCUT2D eigenvalue weighted by Gasteiger charge is 2.17. The summed E-state index contributed by atoms with van der Waals surface area (Å²) in [6.07, 6.45) is 1.03. The summed E-state index contributed by atoms with van der Waals surface area (Å²) in [4.78, 5) is 0. The second-order valence-corrected chi connectivity index (χ2v) is 5.16. The van der Waals surface area contributed by atoms with Gasteiger partial charge in [0.05, 0.1) is 6.04 Å². The second-order valence-electron chi connectivity index (χ2n) is 4.10. The Labute approximate surface area is 88.1 Å². The van der Waals surface area contributed by atoms with Crippen molar-refractivity contribution < 1.29 is 0 Å². The zero-order chi connectivity index (χ0) is 9.97. The Bertz CT molecular complexity index is 293. The molecular weight excluding hydrogens is 196 g/mol. The van der Waals surface area contributed by atoms with Gasteiger partial charge in [-0.3, -0.25) is 0 Å². The van der Waals surface area contributed by atoms with Crippen molar-refractivity contribution in [3.63, 3.8) is 0 Å². The number of nitrogens with zero attached hydrogens (tertiary/aromatic N) is 2. The second kappa shape index (κ2) is 4.23. The van der Waals surface area contributed by atoms with Crippen molar-refractivity contribution in [2.45, 2.75) is 26.3 Å². The molecule has 0 radical (unpaired) electrons. The number of nitrogens with one attached hydrogen (secondary N) is 2. The van der Waals surface area contributed by atoms with Crippen molar-refractivity contribution in [2.24, 2.45) is 5.92 Å². The first-order valence-electron chi connectivity index (χ1n) is 5.03. The molecule has 0 atom stereocenters. The quantitative estimate of drug-likeness (QED) is 0.785. The van der Waals surface area contributed by atoms with Gasteiger partial charge in [0.15, 0.2) is 0 Å². The predicted molar refractivity (Wildman–Crippen MR) is 58.7 cm³/mol. The Hall–Kier alpha value is -0.680. The summed E-state index contributed by atoms with van der Waals surface area (Å²) in [6.45, 7) is 6.48. The molecular formula is C9H16N4S. The fourth-order valence-electron chi connectivity index (χ4n) is 1.31. The summed E-state index contributed by atoms with van der Waals surface area (Å²) in [5, 5.41) is 16.9. The third-order valence-corrected chi connectivity index (χ3v) is 3.04. The number of rotatable bonds is 4. The van der Waals surface area contributed by atoms with Crippen molar-refractivity contribution in [3.05, 3.63) is 5.01 Å². The Morgan fingerprint density at radius 2 is 2.29 bits per heavy atom. The van der Waals surface area contributed by atoms with Crippen LogP contribution in [0.2, 0.25) is 0 Å². The van der Waals surface area contributed by atoms with Crippen LogP contribution in [-0.2, 0) is 6.42 Å². The van der Waals surface area contributed by atoms with E-state index in [-0.39, 0.29) is 0 Å². The van der Waals surface area contributed by atoms with E-state index in [1.807, 2.05) is 0 Å². The van der Waals surface area contributed by atoms with Crippen molar-refractivity contribution in [2.75, 3.05) is 18.4 Å². The molecule has 1 aliphatic rings. The molecule has 0 aliphatic carbocycles. The van der Waals surface area contributed by atoms with Crippen LogP contribution in [0, 0.1) is 5.92 Å². The van der Waals surface area contributed by atoms with Gasteiger partial charge in [0.25, 0.3) is 0 Å². The molecule has 4 nitrogen and oxygen atoms in total. The maximum Gasteiger partial charge on any atom is 0.205 e. The molecule has 14 heavy (non-hydrogen) atoms. The lowest BCUT2D eigenvalue weighted by Gasteiger charge is -2.27. The molecule has 1 saturated heterocycles. The summed E-state index contributed by atoms with van der Waals surface area (Å²) in [5.74, 6) is 0.654. The van der Waals surface area contributed by atoms with Crippen molar-refractivity contribution in [3.8, 4) is 0 Å². The van der Waals surface area contributed by atoms with E-state index in [9.17, 15) is 0 Å². The molecule has 0 bridgehead atoms. The van der Waals surface area contributed by atoms with E-state index in [4.69, 9.17) is 0 Å². The first-order chi connectivity index (χ1) is 6.74. The molecule has 1 aliphatic heterocycles. The molecule has 2 heterocycles. The summed E-state index contributed by atoms with van der Waals surface area (Å²) < 4.78 is 0. The largest absolute Gasteiger partial charge is 0.355 e. The van der Waals surface area contributed by atoms with Gasteiger partial charge in [0, 0.05) is 19.5 Å². The van der Waals surface area contributed by atoms with Gasteiger partial charge in [-0.05, 0) is 5.92 Å². The van der Waals surface area contributed by atoms with Gasteiger partial charge in [0.1, 0.15) is 5.01 Å². The monoisotopic (exact) mass is 212 g/mol. The van der Waals surface area contributed by atoms with Crippen LogP contribution >= 0.6 is 11.3 Å². The minimum absolute atomic E-state index is 0.551. The van der Waals surface area contributed by atoms with E-state index in [1.54, 1.807) is 11.3 Å². The highest BCUT2D eigenvalue weighted by atomic mass is 32.1. The Balaban J connectivity index is 1.88. The predicted octanol–water partition coefficient (Wildman–Crippen LogP) is 1.12. The van der Waals surface area contributed by atoms with Crippen LogP contribution in [0.3, 0.4) is 0 Å². The number of hydrogen-bond acceptors (Lipinski definition) is 5. The lowest BCUT2D eigenvalue weighted by atomic mass is 10.1. The maximum atomic E-state index is 4.15. The normalized spacial score (nSPS) is 17.1. The molecule has 0 amide bonds. The highest BCUT2D eigenvalue weighted by Crippen LogP contribution is 2.19. The average molecular weight is 212 g/mol. The minimum atomic E-state index is 0.551. The molecule has 78 valence electrons. The topological polar surface area (TPSA) is 49.8 Å². The van der Waals surface area contributed by atoms with Gasteiger partial charge in [-0.1, -0.05) is 25.2 Å². The summed E-state index contributed by atoms with van der Waals surface area (Å²) in [5.41, 5.74) is 0. The summed E-state index contributed by atoms with van der Waals surface area (Å²) >= 11 is 1.68. The van der Waals surface area contributed by atoms with Crippen molar-refractivity contribution >= 4 is 16.5 Å². The molecule has 0 saturated carbocycles. The van der Waals surface area contributed by atoms with E-state index in [1.165, 1.54) is 0 Å². The van der Waals surface area contributed by atoms with Gasteiger partial charge in [-0.25, -0.2) is 0 Å². The van der Waals surface area contributed by atoms with E-state index in [0.29, 0.717) is 12.0 Å². The lowest BCUT2D eigenvalue weighted by molar-refractivity contribution is 0.471. The Kier molecular flexibility index (Phi) is 2.98. The van der Waals surface area contributed by atoms with Gasteiger partial charge in [-0.15, -0.1) is 10.2 Å². The zero-order valence-corrected chi connectivity index (χ0v) is 9.40. The molecule has 5 heteroatoms. The van der Waals surface area contributed by atoms with Gasteiger partial charge in [0.2, 0.25) is 5.13 Å². The minimum Gasteiger partial charge on any atom is -0.355 e. The van der Waals surface area contributed by atoms with Crippen LogP contribution in [0.25, 0.3) is 0 Å². The third-order valence-electron chi connectivity index (χ3n) is 2.16. The molecule has 0 spiro atoms. The average Bonchev–Trinajstić information content (AvgIpc) is 2.44. The zero-order valence-electron chi connectivity index (χ0n) is 8.58. The summed E-state index contributed by atoms with van der Waals surface area (Å²) in [6, 6.07) is 0.551. The van der Waals surface area contributed by atoms with Crippen LogP contribution in [0.4, 0.5) is 5.13 Å². The molecule has 1 aromatic heterocycles. The third kappa shape index (κ3) is 2.42. The van der Waals surface area contributed by atoms with Gasteiger partial charge < -0.3 is 10.6 Å². The highest BCUT2D eigenvalue weighted by molar-refractivity contribution is 7.15. The molecule has 2 N–H and O–H groups in total. The number of anilines is 1. The van der Waals surface area contributed by atoms with Crippen molar-refractivity contribution in [1.29, 1.82) is 0 Å². The van der Waals surface area contributed by atoms with E-state index >= 15 is 0 Å². The first-order valence-corrected chi connectivity index (χ1v) is 5.85. The fourth-order valence-corrected chi connectivity index (χ4v) is 2.34. The lowest BCUT2D eigenvalue weighted by Crippen LogP contribution is -2.51. The molecule has 2 rings (SSSR count). The molecule has 1 aromatic rings. The van der Waals surface area contributed by atoms with Gasteiger partial charge >= 0.3 is 0 Å². The standard InChI is InChI=1S/C9H16N4S/c1-6(2)3-8-12-13-9(14-8)11-7-4-10-5-7/h6-7,10H,3-5H2,1-2H3,(H,11,13). The van der Waals surface area contributed by atoms with Crippen LogP contribution in [0.1, 0.15) is 18.9 Å². The van der Waals surface area contributed by atoms with E-state index in [0.717, 1.165) is 29.6 Å². The smallest absolute Gasteiger partial charge is 0.205 e. The molecule has 0 aromatic carbocycles. The fraction of sp³-hybridized carbons (Fsp3) is 0.778. The van der Waals surface area contributed by atoms with Crippen LogP contribution in [0.15, 0.2) is 0 Å². The van der Waals surface area contributed by atoms with Crippen molar-refractivity contribution in [1.82, 2.24) is 15.5 Å².